The largest absolute Gasteiger partial charge is 0.365 e. The summed E-state index contributed by atoms with van der Waals surface area (Å²) in [6.45, 7) is 6.98. The van der Waals surface area contributed by atoms with E-state index in [1.165, 1.54) is 69.5 Å². The van der Waals surface area contributed by atoms with Crippen molar-refractivity contribution in [1.82, 2.24) is 20.9 Å². The van der Waals surface area contributed by atoms with Crippen molar-refractivity contribution < 1.29 is 0 Å². The fraction of sp³-hybridized carbons (Fsp3) is 0.366. The van der Waals surface area contributed by atoms with Crippen molar-refractivity contribution in [3.05, 3.63) is 137 Å². The van der Waals surface area contributed by atoms with Crippen LogP contribution in [0.4, 0.5) is 0 Å². The molecule has 0 spiro atoms. The van der Waals surface area contributed by atoms with E-state index in [2.05, 4.69) is 145 Å². The highest BCUT2D eigenvalue weighted by Gasteiger charge is 2.40. The molecule has 0 radical (unpaired) electrons. The Kier molecular flexibility index (Phi) is 7.40. The van der Waals surface area contributed by atoms with Gasteiger partial charge in [-0.25, -0.2) is 0 Å². The number of aryl methyl sites for hydroxylation is 1. The van der Waals surface area contributed by atoms with Crippen molar-refractivity contribution in [2.75, 3.05) is 0 Å². The van der Waals surface area contributed by atoms with E-state index < -0.39 is 0 Å². The van der Waals surface area contributed by atoms with Crippen molar-refractivity contribution in [3.63, 3.8) is 0 Å². The molecule has 2 heterocycles. The summed E-state index contributed by atoms with van der Waals surface area (Å²) in [6.07, 6.45) is 27.3. The van der Waals surface area contributed by atoms with Gasteiger partial charge in [0.1, 0.15) is 0 Å². The Balaban J connectivity index is 1.19. The first-order chi connectivity index (χ1) is 22.0. The van der Waals surface area contributed by atoms with Gasteiger partial charge in [-0.3, -0.25) is 16.0 Å². The number of hydrogen-bond acceptors (Lipinski definition) is 3. The highest BCUT2D eigenvalue weighted by Crippen LogP contribution is 2.53. The summed E-state index contributed by atoms with van der Waals surface area (Å²) in [5.41, 5.74) is 12.3. The molecule has 1 saturated heterocycles. The highest BCUT2D eigenvalue weighted by atomic mass is 15.4. The molecule has 1 fully saturated rings. The average Bonchev–Trinajstić information content (AvgIpc) is 3.62. The zero-order valence-electron chi connectivity index (χ0n) is 26.8. The lowest BCUT2D eigenvalue weighted by Crippen LogP contribution is -2.67. The van der Waals surface area contributed by atoms with Gasteiger partial charge in [0.15, 0.2) is 0 Å². The summed E-state index contributed by atoms with van der Waals surface area (Å²) in [4.78, 5) is 3.44. The first kappa shape index (κ1) is 28.8. The molecule has 3 aromatic rings. The molecular weight excluding hydrogens is 548 g/mol. The minimum Gasteiger partial charge on any atom is -0.365 e. The van der Waals surface area contributed by atoms with Crippen LogP contribution in [0.2, 0.25) is 0 Å². The molecule has 5 aliphatic rings. The molecule has 4 heteroatoms. The molecule has 6 atom stereocenters. The normalized spacial score (nSPS) is 30.0. The number of rotatable bonds is 5. The SMILES string of the molecule is Cc1[nH]ccc1-c1ccc(C2NC(C3C=CC=CC3)NC(C3C=CCCC3)N2)cc1C1C=C2C(=CC1)c1ccccc1C2(C)C. The minimum atomic E-state index is -0.00304. The number of aromatic nitrogens is 1. The Bertz CT molecular complexity index is 1740. The molecule has 0 bridgehead atoms. The second kappa shape index (κ2) is 11.6. The summed E-state index contributed by atoms with van der Waals surface area (Å²) in [7, 11) is 0. The first-order valence-corrected chi connectivity index (χ1v) is 17.1. The zero-order valence-corrected chi connectivity index (χ0v) is 26.8. The maximum absolute atomic E-state index is 4.02. The lowest BCUT2D eigenvalue weighted by molar-refractivity contribution is 0.139. The van der Waals surface area contributed by atoms with E-state index in [-0.39, 0.29) is 23.9 Å². The predicted octanol–water partition coefficient (Wildman–Crippen LogP) is 8.70. The van der Waals surface area contributed by atoms with Gasteiger partial charge in [-0.05, 0) is 84.1 Å². The van der Waals surface area contributed by atoms with Gasteiger partial charge in [0.2, 0.25) is 0 Å². The number of hydrogen-bond donors (Lipinski definition) is 4. The number of aromatic amines is 1. The van der Waals surface area contributed by atoms with Crippen LogP contribution in [0.1, 0.15) is 86.0 Å². The highest BCUT2D eigenvalue weighted by molar-refractivity contribution is 5.90. The summed E-state index contributed by atoms with van der Waals surface area (Å²) in [6, 6.07) is 18.5. The number of H-pyrrole nitrogens is 1. The van der Waals surface area contributed by atoms with Gasteiger partial charge in [0, 0.05) is 40.6 Å². The quantitative estimate of drug-likeness (QED) is 0.224. The van der Waals surface area contributed by atoms with Crippen molar-refractivity contribution in [2.24, 2.45) is 11.8 Å². The summed E-state index contributed by atoms with van der Waals surface area (Å²) < 4.78 is 0. The lowest BCUT2D eigenvalue weighted by atomic mass is 9.76. The van der Waals surface area contributed by atoms with Gasteiger partial charge in [0.05, 0.1) is 18.5 Å². The molecule has 6 unspecified atom stereocenters. The zero-order chi connectivity index (χ0) is 30.5. The number of benzene rings is 2. The standard InChI is InChI=1S/C41H46N4/c1-26-31(22-23-42-26)32-20-19-30(24-35(32)29-18-21-34-33-16-10-11-17-36(33)41(2,3)37(34)25-29)40-44-38(27-12-6-4-7-13-27)43-39(45-40)28-14-8-5-9-15-28/h4,6-8,10-12,14,16-17,19-25,27-29,38-40,42-45H,5,9,13,15,18H2,1-3H3. The van der Waals surface area contributed by atoms with Crippen LogP contribution in [0, 0.1) is 18.8 Å². The smallest absolute Gasteiger partial charge is 0.0859 e. The fourth-order valence-electron chi connectivity index (χ4n) is 8.54. The van der Waals surface area contributed by atoms with Crippen molar-refractivity contribution >= 4 is 5.57 Å². The van der Waals surface area contributed by atoms with Gasteiger partial charge in [-0.1, -0.05) is 105 Å². The maximum atomic E-state index is 4.02. The summed E-state index contributed by atoms with van der Waals surface area (Å²) in [5, 5.41) is 12.0. The van der Waals surface area contributed by atoms with E-state index >= 15 is 0 Å². The monoisotopic (exact) mass is 594 g/mol. The molecule has 4 N–H and O–H groups in total. The van der Waals surface area contributed by atoms with Gasteiger partial charge in [-0.2, -0.15) is 0 Å². The second-order valence-corrected chi connectivity index (χ2v) is 14.2. The Hall–Kier alpha value is -3.70. The third-order valence-corrected chi connectivity index (χ3v) is 11.1. The summed E-state index contributed by atoms with van der Waals surface area (Å²) in [5.74, 6) is 1.23. The molecule has 4 nitrogen and oxygen atoms in total. The third-order valence-electron chi connectivity index (χ3n) is 11.1. The maximum Gasteiger partial charge on any atom is 0.0859 e. The number of nitrogens with one attached hydrogen (secondary N) is 4. The molecule has 1 aliphatic heterocycles. The van der Waals surface area contributed by atoms with E-state index in [9.17, 15) is 0 Å². The van der Waals surface area contributed by atoms with E-state index in [0.717, 1.165) is 12.8 Å². The van der Waals surface area contributed by atoms with E-state index in [4.69, 9.17) is 0 Å². The van der Waals surface area contributed by atoms with E-state index in [1.807, 2.05) is 0 Å². The van der Waals surface area contributed by atoms with Crippen LogP contribution in [0.25, 0.3) is 16.7 Å². The molecule has 230 valence electrons. The Morgan fingerprint density at radius 3 is 2.44 bits per heavy atom. The van der Waals surface area contributed by atoms with Crippen molar-refractivity contribution in [1.29, 1.82) is 0 Å². The molecule has 1 aromatic heterocycles. The van der Waals surface area contributed by atoms with Gasteiger partial charge >= 0.3 is 0 Å². The van der Waals surface area contributed by atoms with Crippen LogP contribution in [0.5, 0.6) is 0 Å². The minimum absolute atomic E-state index is 0.00304. The van der Waals surface area contributed by atoms with Crippen molar-refractivity contribution in [3.8, 4) is 11.1 Å². The molecule has 0 amide bonds. The number of allylic oxidation sites excluding steroid dienone is 8. The topological polar surface area (TPSA) is 51.9 Å². The fourth-order valence-corrected chi connectivity index (χ4v) is 8.54. The van der Waals surface area contributed by atoms with Gasteiger partial charge in [-0.15, -0.1) is 0 Å². The van der Waals surface area contributed by atoms with Gasteiger partial charge in [0.25, 0.3) is 0 Å². The Labute approximate surface area is 268 Å². The second-order valence-electron chi connectivity index (χ2n) is 14.2. The van der Waals surface area contributed by atoms with Crippen LogP contribution < -0.4 is 16.0 Å². The molecule has 0 saturated carbocycles. The third kappa shape index (κ3) is 5.13. The number of fused-ring (bicyclic) bond motifs is 3. The molecule has 2 aromatic carbocycles. The molecule has 45 heavy (non-hydrogen) atoms. The predicted molar refractivity (Wildman–Crippen MR) is 186 cm³/mol. The summed E-state index contributed by atoms with van der Waals surface area (Å²) >= 11 is 0. The first-order valence-electron chi connectivity index (χ1n) is 17.1. The van der Waals surface area contributed by atoms with Gasteiger partial charge < -0.3 is 4.98 Å². The molecule has 8 rings (SSSR count). The molecular formula is C41H46N4. The molecule has 4 aliphatic carbocycles. The Morgan fingerprint density at radius 2 is 1.67 bits per heavy atom. The Morgan fingerprint density at radius 1 is 0.800 bits per heavy atom. The van der Waals surface area contributed by atoms with Crippen LogP contribution in [-0.4, -0.2) is 17.3 Å². The van der Waals surface area contributed by atoms with Crippen LogP contribution in [0.15, 0.2) is 109 Å². The van der Waals surface area contributed by atoms with Crippen molar-refractivity contribution in [2.45, 2.75) is 82.7 Å². The van der Waals surface area contributed by atoms with E-state index in [1.54, 1.807) is 0 Å². The average molecular weight is 595 g/mol. The van der Waals surface area contributed by atoms with Crippen LogP contribution in [0.3, 0.4) is 0 Å². The van der Waals surface area contributed by atoms with Crippen LogP contribution >= 0.6 is 0 Å². The van der Waals surface area contributed by atoms with E-state index in [0.29, 0.717) is 17.8 Å². The van der Waals surface area contributed by atoms with Crippen LogP contribution in [-0.2, 0) is 5.41 Å². The lowest BCUT2D eigenvalue weighted by Gasteiger charge is -2.44.